The van der Waals surface area contributed by atoms with Crippen molar-refractivity contribution >= 4 is 5.91 Å². The van der Waals surface area contributed by atoms with Crippen LogP contribution in [0.2, 0.25) is 0 Å². The van der Waals surface area contributed by atoms with E-state index < -0.39 is 0 Å². The molecule has 4 fully saturated rings. The topological polar surface area (TPSA) is 42.0 Å². The molecule has 2 atom stereocenters. The van der Waals surface area contributed by atoms with E-state index in [1.54, 1.807) is 0 Å². The first kappa shape index (κ1) is 14.0. The Morgan fingerprint density at radius 1 is 1.00 bits per heavy atom. The Labute approximate surface area is 126 Å². The SMILES string of the molecule is O=C1CO[C@@H]2CN(CC3CCOCC3)C[C@H]2N1CC1CC1. The van der Waals surface area contributed by atoms with Crippen LogP contribution in [-0.4, -0.2) is 73.9 Å². The van der Waals surface area contributed by atoms with Crippen LogP contribution in [0.3, 0.4) is 0 Å². The van der Waals surface area contributed by atoms with Gasteiger partial charge in [0.1, 0.15) is 6.61 Å². The molecule has 0 bridgehead atoms. The molecule has 21 heavy (non-hydrogen) atoms. The van der Waals surface area contributed by atoms with Crippen molar-refractivity contribution in [2.24, 2.45) is 11.8 Å². The van der Waals surface area contributed by atoms with Gasteiger partial charge in [-0.25, -0.2) is 0 Å². The van der Waals surface area contributed by atoms with E-state index in [1.807, 2.05) is 0 Å². The number of fused-ring (bicyclic) bond motifs is 1. The van der Waals surface area contributed by atoms with Crippen molar-refractivity contribution in [3.05, 3.63) is 0 Å². The number of rotatable bonds is 4. The van der Waals surface area contributed by atoms with Crippen LogP contribution in [0.1, 0.15) is 25.7 Å². The van der Waals surface area contributed by atoms with Gasteiger partial charge in [-0.3, -0.25) is 9.69 Å². The molecule has 4 aliphatic rings. The molecule has 0 aromatic heterocycles. The Hall–Kier alpha value is -0.650. The highest BCUT2D eigenvalue weighted by Crippen LogP contribution is 2.33. The molecule has 0 aromatic carbocycles. The molecule has 1 amide bonds. The van der Waals surface area contributed by atoms with Crippen LogP contribution in [0.4, 0.5) is 0 Å². The van der Waals surface area contributed by atoms with E-state index in [2.05, 4.69) is 9.80 Å². The zero-order chi connectivity index (χ0) is 14.2. The summed E-state index contributed by atoms with van der Waals surface area (Å²) in [6.45, 7) is 6.22. The van der Waals surface area contributed by atoms with E-state index in [0.717, 1.165) is 51.2 Å². The third kappa shape index (κ3) is 3.10. The summed E-state index contributed by atoms with van der Waals surface area (Å²) < 4.78 is 11.3. The van der Waals surface area contributed by atoms with Crippen LogP contribution in [0.5, 0.6) is 0 Å². The number of hydrogen-bond acceptors (Lipinski definition) is 4. The molecule has 1 aliphatic carbocycles. The first-order valence-corrected chi connectivity index (χ1v) is 8.51. The molecule has 0 N–H and O–H groups in total. The van der Waals surface area contributed by atoms with Crippen LogP contribution in [0.25, 0.3) is 0 Å². The number of carbonyl (C=O) groups excluding carboxylic acids is 1. The zero-order valence-electron chi connectivity index (χ0n) is 12.7. The standard InChI is InChI=1S/C16H26N2O3/c19-16-11-21-15-10-17(7-13-3-5-20-6-4-13)9-14(15)18(16)8-12-1-2-12/h12-15H,1-11H2/t14-,15-/m1/s1. The summed E-state index contributed by atoms with van der Waals surface area (Å²) in [7, 11) is 0. The first-order chi connectivity index (χ1) is 10.3. The van der Waals surface area contributed by atoms with Crippen molar-refractivity contribution in [1.82, 2.24) is 9.80 Å². The van der Waals surface area contributed by atoms with Gasteiger partial charge in [-0.1, -0.05) is 0 Å². The second-order valence-corrected chi connectivity index (χ2v) is 7.18. The van der Waals surface area contributed by atoms with Gasteiger partial charge < -0.3 is 14.4 Å². The minimum absolute atomic E-state index is 0.205. The van der Waals surface area contributed by atoms with Gasteiger partial charge in [0.15, 0.2) is 0 Å². The Kier molecular flexibility index (Phi) is 3.90. The molecule has 1 saturated carbocycles. The van der Waals surface area contributed by atoms with Crippen LogP contribution in [0, 0.1) is 11.8 Å². The fraction of sp³-hybridized carbons (Fsp3) is 0.938. The first-order valence-electron chi connectivity index (χ1n) is 8.51. The third-order valence-corrected chi connectivity index (χ3v) is 5.46. The van der Waals surface area contributed by atoms with Crippen LogP contribution in [-0.2, 0) is 14.3 Å². The zero-order valence-corrected chi connectivity index (χ0v) is 12.7. The van der Waals surface area contributed by atoms with Gasteiger partial charge in [0.05, 0.1) is 12.1 Å². The highest BCUT2D eigenvalue weighted by atomic mass is 16.5. The molecule has 0 spiro atoms. The smallest absolute Gasteiger partial charge is 0.248 e. The maximum atomic E-state index is 12.2. The molecule has 3 aliphatic heterocycles. The van der Waals surface area contributed by atoms with Gasteiger partial charge >= 0.3 is 0 Å². The molecule has 5 heteroatoms. The number of likely N-dealkylation sites (tertiary alicyclic amines) is 1. The van der Waals surface area contributed by atoms with Crippen molar-refractivity contribution in [2.45, 2.75) is 37.8 Å². The third-order valence-electron chi connectivity index (χ3n) is 5.46. The summed E-state index contributed by atoms with van der Waals surface area (Å²) >= 11 is 0. The van der Waals surface area contributed by atoms with Crippen molar-refractivity contribution < 1.29 is 14.3 Å². The van der Waals surface area contributed by atoms with Gasteiger partial charge in [-0.05, 0) is 37.5 Å². The van der Waals surface area contributed by atoms with Gasteiger partial charge in [0.2, 0.25) is 5.91 Å². The molecular weight excluding hydrogens is 268 g/mol. The van der Waals surface area contributed by atoms with Crippen molar-refractivity contribution in [3.8, 4) is 0 Å². The Morgan fingerprint density at radius 3 is 2.52 bits per heavy atom. The van der Waals surface area contributed by atoms with Crippen LogP contribution >= 0.6 is 0 Å². The lowest BCUT2D eigenvalue weighted by Crippen LogP contribution is -2.54. The largest absolute Gasteiger partial charge is 0.381 e. The number of nitrogens with zero attached hydrogens (tertiary/aromatic N) is 2. The molecule has 0 unspecified atom stereocenters. The summed E-state index contributed by atoms with van der Waals surface area (Å²) in [6, 6.07) is 0.298. The lowest BCUT2D eigenvalue weighted by molar-refractivity contribution is -0.153. The minimum atomic E-state index is 0.205. The molecule has 118 valence electrons. The molecule has 3 saturated heterocycles. The summed E-state index contributed by atoms with van der Waals surface area (Å²) in [6.07, 6.45) is 5.19. The number of hydrogen-bond donors (Lipinski definition) is 0. The summed E-state index contributed by atoms with van der Waals surface area (Å²) in [5.41, 5.74) is 0. The predicted molar refractivity (Wildman–Crippen MR) is 77.9 cm³/mol. The lowest BCUT2D eigenvalue weighted by Gasteiger charge is -2.37. The van der Waals surface area contributed by atoms with Gasteiger partial charge in [-0.2, -0.15) is 0 Å². The number of morpholine rings is 1. The average Bonchev–Trinajstić information content (AvgIpc) is 3.22. The van der Waals surface area contributed by atoms with Crippen molar-refractivity contribution in [1.29, 1.82) is 0 Å². The number of amides is 1. The minimum Gasteiger partial charge on any atom is -0.381 e. The highest BCUT2D eigenvalue weighted by Gasteiger charge is 2.44. The van der Waals surface area contributed by atoms with Crippen LogP contribution in [0.15, 0.2) is 0 Å². The quantitative estimate of drug-likeness (QED) is 0.767. The van der Waals surface area contributed by atoms with E-state index in [-0.39, 0.29) is 12.0 Å². The average molecular weight is 294 g/mol. The Balaban J connectivity index is 1.36. The van der Waals surface area contributed by atoms with Gasteiger partial charge in [0.25, 0.3) is 0 Å². The van der Waals surface area contributed by atoms with E-state index in [1.165, 1.54) is 25.7 Å². The van der Waals surface area contributed by atoms with Crippen LogP contribution < -0.4 is 0 Å². The molecule has 5 nitrogen and oxygen atoms in total. The van der Waals surface area contributed by atoms with E-state index >= 15 is 0 Å². The maximum absolute atomic E-state index is 12.2. The Morgan fingerprint density at radius 2 is 1.76 bits per heavy atom. The second kappa shape index (κ2) is 5.86. The predicted octanol–water partition coefficient (Wildman–Crippen LogP) is 0.735. The normalized spacial score (nSPS) is 35.2. The molecule has 4 rings (SSSR count). The molecular formula is C16H26N2O3. The van der Waals surface area contributed by atoms with E-state index in [4.69, 9.17) is 9.47 Å². The number of carbonyl (C=O) groups is 1. The summed E-state index contributed by atoms with van der Waals surface area (Å²) in [5.74, 6) is 1.72. The highest BCUT2D eigenvalue weighted by molar-refractivity contribution is 5.78. The second-order valence-electron chi connectivity index (χ2n) is 7.18. The van der Waals surface area contributed by atoms with E-state index in [0.29, 0.717) is 12.6 Å². The molecule has 0 radical (unpaired) electrons. The maximum Gasteiger partial charge on any atom is 0.248 e. The fourth-order valence-electron chi connectivity index (χ4n) is 4.00. The van der Waals surface area contributed by atoms with Crippen molar-refractivity contribution in [3.63, 3.8) is 0 Å². The van der Waals surface area contributed by atoms with Gasteiger partial charge in [-0.15, -0.1) is 0 Å². The van der Waals surface area contributed by atoms with E-state index in [9.17, 15) is 4.79 Å². The lowest BCUT2D eigenvalue weighted by atomic mass is 10.00. The van der Waals surface area contributed by atoms with Crippen molar-refractivity contribution in [2.75, 3.05) is 46.0 Å². The fourth-order valence-corrected chi connectivity index (χ4v) is 4.00. The number of ether oxygens (including phenoxy) is 2. The molecule has 0 aromatic rings. The monoisotopic (exact) mass is 294 g/mol. The van der Waals surface area contributed by atoms with Gasteiger partial charge in [0, 0.05) is 39.4 Å². The Bertz CT molecular complexity index is 393. The summed E-state index contributed by atoms with van der Waals surface area (Å²) in [5, 5.41) is 0. The molecule has 3 heterocycles. The summed E-state index contributed by atoms with van der Waals surface area (Å²) in [4.78, 5) is 16.8.